The molecule has 0 atom stereocenters. The first-order chi connectivity index (χ1) is 5.75. The summed E-state index contributed by atoms with van der Waals surface area (Å²) in [4.78, 5) is 0. The lowest BCUT2D eigenvalue weighted by atomic mass is 10.3. The number of hydrogen-bond acceptors (Lipinski definition) is 4. The van der Waals surface area contributed by atoms with E-state index in [9.17, 15) is 0 Å². The van der Waals surface area contributed by atoms with E-state index in [1.54, 1.807) is 12.1 Å². The van der Waals surface area contributed by atoms with E-state index in [4.69, 9.17) is 20.7 Å². The molecular formula is C8H11NO3. The van der Waals surface area contributed by atoms with Crippen molar-refractivity contribution in [2.45, 2.75) is 0 Å². The molecule has 0 saturated heterocycles. The summed E-state index contributed by atoms with van der Waals surface area (Å²) in [6, 6.07) is 4.73. The molecule has 4 heteroatoms. The third-order valence-electron chi connectivity index (χ3n) is 1.39. The number of aliphatic hydroxyl groups is 1. The number of rotatable bonds is 3. The van der Waals surface area contributed by atoms with Gasteiger partial charge in [0, 0.05) is 0 Å². The Hall–Kier alpha value is -1.42. The van der Waals surface area contributed by atoms with Crippen LogP contribution in [0.1, 0.15) is 0 Å². The van der Waals surface area contributed by atoms with Gasteiger partial charge in [0.15, 0.2) is 0 Å². The molecule has 0 unspecified atom stereocenters. The van der Waals surface area contributed by atoms with Crippen molar-refractivity contribution in [1.29, 1.82) is 0 Å². The molecule has 1 aromatic rings. The van der Waals surface area contributed by atoms with E-state index >= 15 is 0 Å². The third-order valence-corrected chi connectivity index (χ3v) is 1.39. The normalized spacial score (nSPS) is 9.75. The van der Waals surface area contributed by atoms with Gasteiger partial charge in [0.05, 0.1) is 6.61 Å². The number of benzene rings is 1. The zero-order chi connectivity index (χ0) is 8.97. The Morgan fingerprint density at radius 2 is 2.17 bits per heavy atom. The Bertz CT molecular complexity index is 262. The first-order valence-corrected chi connectivity index (χ1v) is 3.57. The highest BCUT2D eigenvalue weighted by molar-refractivity contribution is 5.61. The minimum Gasteiger partial charge on any atom is -0.506 e. The van der Waals surface area contributed by atoms with E-state index in [1.165, 1.54) is 6.07 Å². The number of phenols is 1. The van der Waals surface area contributed by atoms with E-state index in [-0.39, 0.29) is 24.7 Å². The van der Waals surface area contributed by atoms with Crippen LogP contribution in [0.2, 0.25) is 0 Å². The average molecular weight is 169 g/mol. The van der Waals surface area contributed by atoms with Crippen molar-refractivity contribution in [2.24, 2.45) is 0 Å². The maximum Gasteiger partial charge on any atom is 0.146 e. The maximum absolute atomic E-state index is 9.13. The van der Waals surface area contributed by atoms with Gasteiger partial charge in [-0.15, -0.1) is 0 Å². The second kappa shape index (κ2) is 3.82. The van der Waals surface area contributed by atoms with Crippen molar-refractivity contribution in [3.05, 3.63) is 18.2 Å². The van der Waals surface area contributed by atoms with Crippen LogP contribution >= 0.6 is 0 Å². The third kappa shape index (κ3) is 1.79. The van der Waals surface area contributed by atoms with Gasteiger partial charge in [-0.3, -0.25) is 0 Å². The van der Waals surface area contributed by atoms with E-state index in [0.717, 1.165) is 0 Å². The van der Waals surface area contributed by atoms with Gasteiger partial charge in [-0.2, -0.15) is 0 Å². The fourth-order valence-electron chi connectivity index (χ4n) is 0.814. The summed E-state index contributed by atoms with van der Waals surface area (Å²) < 4.78 is 5.03. The van der Waals surface area contributed by atoms with Gasteiger partial charge in [-0.1, -0.05) is 6.07 Å². The number of phenolic OH excluding ortho intramolecular Hbond substituents is 1. The molecule has 66 valence electrons. The quantitative estimate of drug-likeness (QED) is 0.450. The number of anilines is 1. The number of ether oxygens (including phenoxy) is 1. The lowest BCUT2D eigenvalue weighted by Crippen LogP contribution is -2.03. The highest BCUT2D eigenvalue weighted by Crippen LogP contribution is 2.29. The Morgan fingerprint density at radius 1 is 1.42 bits per heavy atom. The van der Waals surface area contributed by atoms with Gasteiger partial charge in [0.1, 0.15) is 23.8 Å². The van der Waals surface area contributed by atoms with Crippen molar-refractivity contribution in [3.8, 4) is 11.5 Å². The van der Waals surface area contributed by atoms with E-state index in [2.05, 4.69) is 0 Å². The zero-order valence-corrected chi connectivity index (χ0v) is 6.53. The molecule has 0 aromatic heterocycles. The molecule has 12 heavy (non-hydrogen) atoms. The maximum atomic E-state index is 9.13. The summed E-state index contributed by atoms with van der Waals surface area (Å²) in [6.07, 6.45) is 0. The molecule has 0 amide bonds. The number of para-hydroxylation sites is 1. The zero-order valence-electron chi connectivity index (χ0n) is 6.53. The number of aromatic hydroxyl groups is 1. The number of aliphatic hydroxyl groups excluding tert-OH is 1. The van der Waals surface area contributed by atoms with Gasteiger partial charge in [-0.25, -0.2) is 0 Å². The van der Waals surface area contributed by atoms with E-state index < -0.39 is 0 Å². The summed E-state index contributed by atoms with van der Waals surface area (Å²) in [5, 5.41) is 17.6. The molecule has 0 bridgehead atoms. The van der Waals surface area contributed by atoms with Crippen molar-refractivity contribution in [1.82, 2.24) is 0 Å². The number of hydrogen-bond donors (Lipinski definition) is 3. The molecule has 1 rings (SSSR count). The van der Waals surface area contributed by atoms with Crippen LogP contribution in [0.25, 0.3) is 0 Å². The minimum absolute atomic E-state index is 0.00885. The smallest absolute Gasteiger partial charge is 0.146 e. The number of nitrogens with two attached hydrogens (primary N) is 1. The van der Waals surface area contributed by atoms with Crippen LogP contribution in [-0.2, 0) is 0 Å². The molecule has 4 nitrogen and oxygen atoms in total. The van der Waals surface area contributed by atoms with Crippen LogP contribution in [0.4, 0.5) is 5.69 Å². The SMILES string of the molecule is Nc1c(O)cccc1OCCO. The molecule has 0 aliphatic carbocycles. The molecule has 4 N–H and O–H groups in total. The van der Waals surface area contributed by atoms with Gasteiger partial charge in [-0.05, 0) is 12.1 Å². The topological polar surface area (TPSA) is 75.7 Å². The van der Waals surface area contributed by atoms with Crippen molar-refractivity contribution in [3.63, 3.8) is 0 Å². The van der Waals surface area contributed by atoms with Crippen LogP contribution in [-0.4, -0.2) is 23.4 Å². The fourth-order valence-corrected chi connectivity index (χ4v) is 0.814. The largest absolute Gasteiger partial charge is 0.506 e. The van der Waals surface area contributed by atoms with Crippen LogP contribution in [0.3, 0.4) is 0 Å². The van der Waals surface area contributed by atoms with Crippen LogP contribution in [0, 0.1) is 0 Å². The number of nitrogen functional groups attached to an aromatic ring is 1. The average Bonchev–Trinajstić information content (AvgIpc) is 2.08. The summed E-state index contributed by atoms with van der Waals surface area (Å²) in [7, 11) is 0. The van der Waals surface area contributed by atoms with Crippen molar-refractivity contribution >= 4 is 5.69 Å². The monoisotopic (exact) mass is 169 g/mol. The predicted molar refractivity (Wildman–Crippen MR) is 45.1 cm³/mol. The molecule has 0 spiro atoms. The fraction of sp³-hybridized carbons (Fsp3) is 0.250. The Labute approximate surface area is 70.2 Å². The van der Waals surface area contributed by atoms with Crippen molar-refractivity contribution < 1.29 is 14.9 Å². The van der Waals surface area contributed by atoms with E-state index in [0.29, 0.717) is 5.75 Å². The van der Waals surface area contributed by atoms with Crippen LogP contribution in [0.5, 0.6) is 11.5 Å². The second-order valence-electron chi connectivity index (χ2n) is 2.26. The molecule has 0 heterocycles. The molecule has 0 saturated carbocycles. The van der Waals surface area contributed by atoms with Gasteiger partial charge in [0.25, 0.3) is 0 Å². The van der Waals surface area contributed by atoms with Crippen LogP contribution < -0.4 is 10.5 Å². The standard InChI is InChI=1S/C8H11NO3/c9-8-6(11)2-1-3-7(8)12-5-4-10/h1-3,10-11H,4-5,9H2. The molecule has 0 radical (unpaired) electrons. The van der Waals surface area contributed by atoms with Gasteiger partial charge >= 0.3 is 0 Å². The highest BCUT2D eigenvalue weighted by atomic mass is 16.5. The van der Waals surface area contributed by atoms with Gasteiger partial charge < -0.3 is 20.7 Å². The Morgan fingerprint density at radius 3 is 2.83 bits per heavy atom. The summed E-state index contributed by atoms with van der Waals surface area (Å²) in [6.45, 7) is 0.0999. The Kier molecular flexibility index (Phi) is 2.76. The second-order valence-corrected chi connectivity index (χ2v) is 2.26. The van der Waals surface area contributed by atoms with Crippen LogP contribution in [0.15, 0.2) is 18.2 Å². The molecule has 1 aromatic carbocycles. The first-order valence-electron chi connectivity index (χ1n) is 3.57. The summed E-state index contributed by atoms with van der Waals surface area (Å²) >= 11 is 0. The molecule has 0 fully saturated rings. The van der Waals surface area contributed by atoms with Crippen molar-refractivity contribution in [2.75, 3.05) is 18.9 Å². The predicted octanol–water partition coefficient (Wildman–Crippen LogP) is 0.345. The molecular weight excluding hydrogens is 158 g/mol. The van der Waals surface area contributed by atoms with E-state index in [1.807, 2.05) is 0 Å². The molecule has 0 aliphatic heterocycles. The lowest BCUT2D eigenvalue weighted by Gasteiger charge is -2.07. The Balaban J connectivity index is 2.78. The lowest BCUT2D eigenvalue weighted by molar-refractivity contribution is 0.202. The summed E-state index contributed by atoms with van der Waals surface area (Å²) in [5.41, 5.74) is 5.67. The minimum atomic E-state index is -0.0743. The first kappa shape index (κ1) is 8.67. The molecule has 0 aliphatic rings. The highest BCUT2D eigenvalue weighted by Gasteiger charge is 2.02. The van der Waals surface area contributed by atoms with Gasteiger partial charge in [0.2, 0.25) is 0 Å². The summed E-state index contributed by atoms with van der Waals surface area (Å²) in [5.74, 6) is 0.384.